The van der Waals surface area contributed by atoms with Crippen LogP contribution in [0.25, 0.3) is 0 Å². The molecule has 0 amide bonds. The van der Waals surface area contributed by atoms with Crippen molar-refractivity contribution in [2.45, 2.75) is 42.2 Å². The zero-order valence-corrected chi connectivity index (χ0v) is 15.2. The Morgan fingerprint density at radius 1 is 1.00 bits per heavy atom. The Morgan fingerprint density at radius 2 is 1.72 bits per heavy atom. The summed E-state index contributed by atoms with van der Waals surface area (Å²) in [4.78, 5) is 13.4. The monoisotopic (exact) mass is 352 g/mol. The molecule has 0 heterocycles. The van der Waals surface area contributed by atoms with Crippen molar-refractivity contribution < 1.29 is 9.53 Å². The van der Waals surface area contributed by atoms with E-state index in [2.05, 4.69) is 30.3 Å². The van der Waals surface area contributed by atoms with Gasteiger partial charge >= 0.3 is 5.97 Å². The van der Waals surface area contributed by atoms with Crippen LogP contribution in [0.1, 0.15) is 42.5 Å². The van der Waals surface area contributed by atoms with E-state index in [-0.39, 0.29) is 5.97 Å². The highest BCUT2D eigenvalue weighted by atomic mass is 32.2. The predicted octanol–water partition coefficient (Wildman–Crippen LogP) is 5.89. The SMILES string of the molecule is O=C(OCCC(Sc1ccccc1)C1=CCCCC1)c1ccccc1. The predicted molar refractivity (Wildman–Crippen MR) is 104 cm³/mol. The van der Waals surface area contributed by atoms with E-state index in [9.17, 15) is 4.79 Å². The summed E-state index contributed by atoms with van der Waals surface area (Å²) in [6.45, 7) is 0.454. The fourth-order valence-corrected chi connectivity index (χ4v) is 4.28. The number of carbonyl (C=O) groups is 1. The minimum atomic E-state index is -0.235. The molecule has 1 atom stereocenters. The number of esters is 1. The van der Waals surface area contributed by atoms with E-state index < -0.39 is 0 Å². The molecule has 3 heteroatoms. The number of allylic oxidation sites excluding steroid dienone is 1. The van der Waals surface area contributed by atoms with Crippen LogP contribution >= 0.6 is 11.8 Å². The van der Waals surface area contributed by atoms with Crippen molar-refractivity contribution in [3.63, 3.8) is 0 Å². The third-order valence-electron chi connectivity index (χ3n) is 4.38. The number of carbonyl (C=O) groups excluding carboxylic acids is 1. The lowest BCUT2D eigenvalue weighted by Gasteiger charge is -2.23. The standard InChI is InChI=1S/C22H24O2S/c23-22(19-12-6-2-7-13-19)24-17-16-21(18-10-4-1-5-11-18)25-20-14-8-3-9-15-20/h2-3,6-10,12-15,21H,1,4-5,11,16-17H2. The summed E-state index contributed by atoms with van der Waals surface area (Å²) in [5.41, 5.74) is 2.13. The van der Waals surface area contributed by atoms with Crippen LogP contribution in [0, 0.1) is 0 Å². The molecule has 25 heavy (non-hydrogen) atoms. The molecule has 0 aromatic heterocycles. The third kappa shape index (κ3) is 5.50. The van der Waals surface area contributed by atoms with Crippen LogP contribution in [-0.2, 0) is 4.74 Å². The van der Waals surface area contributed by atoms with E-state index in [0.29, 0.717) is 17.4 Å². The summed E-state index contributed by atoms with van der Waals surface area (Å²) < 4.78 is 5.51. The molecule has 3 rings (SSSR count). The van der Waals surface area contributed by atoms with E-state index in [1.807, 2.05) is 36.0 Å². The van der Waals surface area contributed by atoms with Crippen LogP contribution in [0.3, 0.4) is 0 Å². The van der Waals surface area contributed by atoms with E-state index in [1.54, 1.807) is 12.1 Å². The topological polar surface area (TPSA) is 26.3 Å². The maximum atomic E-state index is 12.1. The first kappa shape index (κ1) is 17.8. The molecule has 2 aromatic rings. The Labute approximate surface area is 154 Å². The molecule has 0 saturated heterocycles. The molecule has 0 fully saturated rings. The van der Waals surface area contributed by atoms with Gasteiger partial charge in [0.15, 0.2) is 0 Å². The maximum absolute atomic E-state index is 12.1. The second-order valence-corrected chi connectivity index (χ2v) is 7.51. The van der Waals surface area contributed by atoms with Gasteiger partial charge in [-0.3, -0.25) is 0 Å². The number of hydrogen-bond acceptors (Lipinski definition) is 3. The quantitative estimate of drug-likeness (QED) is 0.353. The molecule has 130 valence electrons. The highest BCUT2D eigenvalue weighted by molar-refractivity contribution is 8.00. The van der Waals surface area contributed by atoms with Gasteiger partial charge in [-0.15, -0.1) is 11.8 Å². The summed E-state index contributed by atoms with van der Waals surface area (Å²) >= 11 is 1.88. The Morgan fingerprint density at radius 3 is 2.40 bits per heavy atom. The van der Waals surface area contributed by atoms with Crippen molar-refractivity contribution in [2.24, 2.45) is 0 Å². The van der Waals surface area contributed by atoms with Crippen LogP contribution in [0.4, 0.5) is 0 Å². The van der Waals surface area contributed by atoms with Crippen molar-refractivity contribution >= 4 is 17.7 Å². The molecule has 1 aliphatic carbocycles. The van der Waals surface area contributed by atoms with E-state index in [1.165, 1.54) is 29.7 Å². The maximum Gasteiger partial charge on any atom is 0.338 e. The minimum Gasteiger partial charge on any atom is -0.462 e. The lowest BCUT2D eigenvalue weighted by molar-refractivity contribution is 0.0502. The molecule has 0 aliphatic heterocycles. The third-order valence-corrected chi connectivity index (χ3v) is 5.75. The van der Waals surface area contributed by atoms with Gasteiger partial charge < -0.3 is 4.74 Å². The number of thioether (sulfide) groups is 1. The summed E-state index contributed by atoms with van der Waals surface area (Å²) in [6.07, 6.45) is 8.13. The summed E-state index contributed by atoms with van der Waals surface area (Å²) in [5, 5.41) is 0.381. The van der Waals surface area contributed by atoms with Gasteiger partial charge in [-0.05, 0) is 56.4 Å². The lowest BCUT2D eigenvalue weighted by Crippen LogP contribution is -2.15. The van der Waals surface area contributed by atoms with Gasteiger partial charge in [-0.2, -0.15) is 0 Å². The van der Waals surface area contributed by atoms with Gasteiger partial charge in [0.2, 0.25) is 0 Å². The Bertz CT molecular complexity index is 694. The average molecular weight is 352 g/mol. The van der Waals surface area contributed by atoms with Gasteiger partial charge in [-0.1, -0.05) is 48.0 Å². The fourth-order valence-electron chi connectivity index (χ4n) is 3.05. The van der Waals surface area contributed by atoms with Crippen molar-refractivity contribution in [1.82, 2.24) is 0 Å². The molecule has 0 bridgehead atoms. The molecular formula is C22H24O2S. The van der Waals surface area contributed by atoms with Gasteiger partial charge in [0.05, 0.1) is 12.2 Å². The first-order chi connectivity index (χ1) is 12.3. The Balaban J connectivity index is 1.59. The van der Waals surface area contributed by atoms with Gasteiger partial charge in [0, 0.05) is 10.1 Å². The number of ether oxygens (including phenoxy) is 1. The summed E-state index contributed by atoms with van der Waals surface area (Å²) in [5.74, 6) is -0.235. The first-order valence-corrected chi connectivity index (χ1v) is 9.84. The van der Waals surface area contributed by atoms with Crippen molar-refractivity contribution in [3.8, 4) is 0 Å². The van der Waals surface area contributed by atoms with Crippen LogP contribution in [-0.4, -0.2) is 17.8 Å². The van der Waals surface area contributed by atoms with E-state index in [0.717, 1.165) is 12.8 Å². The van der Waals surface area contributed by atoms with Gasteiger partial charge in [-0.25, -0.2) is 4.79 Å². The largest absolute Gasteiger partial charge is 0.462 e. The van der Waals surface area contributed by atoms with Crippen LogP contribution in [0.2, 0.25) is 0 Å². The normalized spacial score (nSPS) is 15.3. The van der Waals surface area contributed by atoms with E-state index >= 15 is 0 Å². The fraction of sp³-hybridized carbons (Fsp3) is 0.318. The number of rotatable bonds is 7. The number of hydrogen-bond donors (Lipinski definition) is 0. The van der Waals surface area contributed by atoms with Crippen LogP contribution in [0.15, 0.2) is 77.2 Å². The van der Waals surface area contributed by atoms with E-state index in [4.69, 9.17) is 4.74 Å². The Hall–Kier alpha value is -2.00. The molecule has 0 N–H and O–H groups in total. The Kier molecular flexibility index (Phi) is 6.75. The molecule has 0 saturated carbocycles. The smallest absolute Gasteiger partial charge is 0.338 e. The molecular weight excluding hydrogens is 328 g/mol. The zero-order chi connectivity index (χ0) is 17.3. The molecule has 1 aliphatic rings. The second-order valence-electron chi connectivity index (χ2n) is 6.23. The van der Waals surface area contributed by atoms with Crippen molar-refractivity contribution in [2.75, 3.05) is 6.61 Å². The summed E-state index contributed by atoms with van der Waals surface area (Å²) in [6, 6.07) is 19.7. The highest BCUT2D eigenvalue weighted by Gasteiger charge is 2.18. The molecule has 2 nitrogen and oxygen atoms in total. The summed E-state index contributed by atoms with van der Waals surface area (Å²) in [7, 11) is 0. The minimum absolute atomic E-state index is 0.235. The van der Waals surface area contributed by atoms with Crippen LogP contribution in [0.5, 0.6) is 0 Å². The highest BCUT2D eigenvalue weighted by Crippen LogP contribution is 2.34. The molecule has 2 aromatic carbocycles. The second kappa shape index (κ2) is 9.47. The lowest BCUT2D eigenvalue weighted by atomic mass is 9.96. The number of benzene rings is 2. The molecule has 0 spiro atoms. The van der Waals surface area contributed by atoms with Crippen molar-refractivity contribution in [3.05, 3.63) is 77.9 Å². The average Bonchev–Trinajstić information content (AvgIpc) is 2.69. The molecule has 0 radical (unpaired) electrons. The molecule has 1 unspecified atom stereocenters. The first-order valence-electron chi connectivity index (χ1n) is 8.96. The van der Waals surface area contributed by atoms with Gasteiger partial charge in [0.1, 0.15) is 0 Å². The van der Waals surface area contributed by atoms with Gasteiger partial charge in [0.25, 0.3) is 0 Å². The zero-order valence-electron chi connectivity index (χ0n) is 14.4. The van der Waals surface area contributed by atoms with Crippen molar-refractivity contribution in [1.29, 1.82) is 0 Å². The van der Waals surface area contributed by atoms with Crippen LogP contribution < -0.4 is 0 Å².